The standard InChI is InChI=1S/C22H16BrClF2N4O/c1-11(2)29-20-18(28-22(29)23)21(31)30(15-5-6-17(26)16(24)9-15)19(20)13-4-3-12(10-27)7-14(25)8-13/h3-9,11-12,19H,1-2H3. The first-order valence-corrected chi connectivity index (χ1v) is 10.6. The Balaban J connectivity index is 1.96. The van der Waals surface area contributed by atoms with Crippen LogP contribution < -0.4 is 4.90 Å². The number of carbonyl (C=O) groups is 1. The van der Waals surface area contributed by atoms with E-state index >= 15 is 0 Å². The number of imidazole rings is 1. The van der Waals surface area contributed by atoms with Crippen LogP contribution in [-0.2, 0) is 0 Å². The highest BCUT2D eigenvalue weighted by molar-refractivity contribution is 9.10. The summed E-state index contributed by atoms with van der Waals surface area (Å²) in [5.74, 6) is -2.35. The number of rotatable bonds is 3. The minimum absolute atomic E-state index is 0.0553. The Morgan fingerprint density at radius 1 is 1.32 bits per heavy atom. The van der Waals surface area contributed by atoms with Crippen molar-refractivity contribution in [1.29, 1.82) is 5.26 Å². The molecule has 4 rings (SSSR count). The monoisotopic (exact) mass is 504 g/mol. The lowest BCUT2D eigenvalue weighted by Gasteiger charge is -2.28. The quantitative estimate of drug-likeness (QED) is 0.498. The zero-order valence-corrected chi connectivity index (χ0v) is 18.8. The van der Waals surface area contributed by atoms with Crippen LogP contribution in [0.15, 0.2) is 58.6 Å². The Bertz CT molecular complexity index is 1220. The fourth-order valence-corrected chi connectivity index (χ4v) is 4.79. The molecular weight excluding hydrogens is 490 g/mol. The summed E-state index contributed by atoms with van der Waals surface area (Å²) in [6, 6.07) is 5.17. The van der Waals surface area contributed by atoms with E-state index in [0.717, 1.165) is 0 Å². The SMILES string of the molecule is CC(C)n1c(Br)nc2c1C(C1=CC(F)=CC(C#N)C=C1)N(c1ccc(F)c(Cl)c1)C2=O. The van der Waals surface area contributed by atoms with Crippen molar-refractivity contribution in [3.05, 3.63) is 80.9 Å². The molecule has 5 nitrogen and oxygen atoms in total. The molecule has 2 aromatic rings. The molecular formula is C22H16BrClF2N4O. The number of anilines is 1. The van der Waals surface area contributed by atoms with Crippen molar-refractivity contribution in [2.45, 2.75) is 25.9 Å². The van der Waals surface area contributed by atoms with Gasteiger partial charge in [0.25, 0.3) is 5.91 Å². The van der Waals surface area contributed by atoms with Crippen LogP contribution in [-0.4, -0.2) is 15.5 Å². The average molecular weight is 506 g/mol. The molecule has 0 spiro atoms. The molecule has 1 amide bonds. The highest BCUT2D eigenvalue weighted by Gasteiger charge is 2.45. The molecule has 2 heterocycles. The molecule has 1 aliphatic heterocycles. The number of carbonyl (C=O) groups excluding carboxylic acids is 1. The maximum atomic E-state index is 14.6. The van der Waals surface area contributed by atoms with E-state index < -0.39 is 29.5 Å². The molecule has 0 radical (unpaired) electrons. The van der Waals surface area contributed by atoms with E-state index in [1.165, 1.54) is 35.3 Å². The van der Waals surface area contributed by atoms with Gasteiger partial charge >= 0.3 is 0 Å². The predicted octanol–water partition coefficient (Wildman–Crippen LogP) is 6.21. The molecule has 31 heavy (non-hydrogen) atoms. The molecule has 1 aliphatic carbocycles. The fourth-order valence-electron chi connectivity index (χ4n) is 3.84. The Hall–Kier alpha value is -2.76. The van der Waals surface area contributed by atoms with Gasteiger partial charge in [0.15, 0.2) is 10.4 Å². The third-order valence-corrected chi connectivity index (χ3v) is 5.99. The van der Waals surface area contributed by atoms with Crippen LogP contribution in [0.2, 0.25) is 5.02 Å². The van der Waals surface area contributed by atoms with Crippen LogP contribution in [0.4, 0.5) is 14.5 Å². The number of allylic oxidation sites excluding steroid dienone is 4. The van der Waals surface area contributed by atoms with Gasteiger partial charge in [-0.2, -0.15) is 5.26 Å². The minimum Gasteiger partial charge on any atom is -0.317 e. The predicted molar refractivity (Wildman–Crippen MR) is 117 cm³/mol. The number of nitriles is 1. The van der Waals surface area contributed by atoms with Crippen molar-refractivity contribution in [2.75, 3.05) is 4.90 Å². The summed E-state index contributed by atoms with van der Waals surface area (Å²) in [4.78, 5) is 19.2. The molecule has 2 unspecified atom stereocenters. The van der Waals surface area contributed by atoms with E-state index in [0.29, 0.717) is 21.7 Å². The Morgan fingerprint density at radius 2 is 2.06 bits per heavy atom. The van der Waals surface area contributed by atoms with Crippen LogP contribution in [0.25, 0.3) is 0 Å². The van der Waals surface area contributed by atoms with E-state index in [2.05, 4.69) is 20.9 Å². The third kappa shape index (κ3) is 3.62. The van der Waals surface area contributed by atoms with Crippen molar-refractivity contribution < 1.29 is 13.6 Å². The molecule has 1 aromatic heterocycles. The second kappa shape index (κ2) is 8.06. The van der Waals surface area contributed by atoms with Crippen molar-refractivity contribution in [3.8, 4) is 6.07 Å². The van der Waals surface area contributed by atoms with Crippen molar-refractivity contribution in [3.63, 3.8) is 0 Å². The van der Waals surface area contributed by atoms with Crippen molar-refractivity contribution >= 4 is 39.1 Å². The van der Waals surface area contributed by atoms with E-state index in [-0.39, 0.29) is 16.8 Å². The largest absolute Gasteiger partial charge is 0.317 e. The second-order valence-electron chi connectivity index (χ2n) is 7.46. The number of hydrogen-bond donors (Lipinski definition) is 0. The van der Waals surface area contributed by atoms with E-state index in [1.807, 2.05) is 24.5 Å². The second-order valence-corrected chi connectivity index (χ2v) is 8.58. The molecule has 2 atom stereocenters. The van der Waals surface area contributed by atoms with Crippen LogP contribution in [0.1, 0.15) is 42.1 Å². The van der Waals surface area contributed by atoms with E-state index in [9.17, 15) is 18.8 Å². The highest BCUT2D eigenvalue weighted by atomic mass is 79.9. The van der Waals surface area contributed by atoms with Crippen LogP contribution in [0.3, 0.4) is 0 Å². The summed E-state index contributed by atoms with van der Waals surface area (Å²) in [5, 5.41) is 9.08. The maximum absolute atomic E-state index is 14.6. The average Bonchev–Trinajstić information content (AvgIpc) is 3.10. The first-order chi connectivity index (χ1) is 14.7. The number of hydrogen-bond acceptors (Lipinski definition) is 3. The lowest BCUT2D eigenvalue weighted by Crippen LogP contribution is -2.30. The number of fused-ring (bicyclic) bond motifs is 1. The molecule has 2 aliphatic rings. The van der Waals surface area contributed by atoms with Gasteiger partial charge in [0.2, 0.25) is 0 Å². The van der Waals surface area contributed by atoms with Gasteiger partial charge in [0.05, 0.1) is 22.7 Å². The molecule has 0 fully saturated rings. The lowest BCUT2D eigenvalue weighted by molar-refractivity contribution is 0.0989. The highest BCUT2D eigenvalue weighted by Crippen LogP contribution is 2.45. The first-order valence-electron chi connectivity index (χ1n) is 9.46. The summed E-state index contributed by atoms with van der Waals surface area (Å²) in [6.45, 7) is 3.88. The number of nitrogens with zero attached hydrogens (tertiary/aromatic N) is 4. The zero-order valence-electron chi connectivity index (χ0n) is 16.5. The minimum atomic E-state index is -0.752. The molecule has 9 heteroatoms. The number of amides is 1. The van der Waals surface area contributed by atoms with E-state index in [1.54, 1.807) is 12.2 Å². The number of halogens is 4. The van der Waals surface area contributed by atoms with Gasteiger partial charge < -0.3 is 4.57 Å². The topological polar surface area (TPSA) is 61.9 Å². The molecule has 0 N–H and O–H groups in total. The zero-order chi connectivity index (χ0) is 22.4. The molecule has 0 bridgehead atoms. The van der Waals surface area contributed by atoms with Gasteiger partial charge in [0.1, 0.15) is 17.7 Å². The van der Waals surface area contributed by atoms with Crippen LogP contribution in [0, 0.1) is 23.1 Å². The fraction of sp³-hybridized carbons (Fsp3) is 0.227. The summed E-state index contributed by atoms with van der Waals surface area (Å²) in [6.07, 6.45) is 5.70. The van der Waals surface area contributed by atoms with Gasteiger partial charge in [-0.1, -0.05) is 23.8 Å². The molecule has 0 saturated heterocycles. The lowest BCUT2D eigenvalue weighted by atomic mass is 10.0. The normalized spacial score (nSPS) is 20.5. The Morgan fingerprint density at radius 3 is 2.71 bits per heavy atom. The number of aromatic nitrogens is 2. The summed E-state index contributed by atoms with van der Waals surface area (Å²) in [5.41, 5.74) is 1.59. The summed E-state index contributed by atoms with van der Waals surface area (Å²) < 4.78 is 30.7. The molecule has 1 aromatic carbocycles. The first kappa shape index (κ1) is 21.5. The van der Waals surface area contributed by atoms with Crippen LogP contribution >= 0.6 is 27.5 Å². The summed E-state index contributed by atoms with van der Waals surface area (Å²) in [7, 11) is 0. The van der Waals surface area contributed by atoms with Gasteiger partial charge in [-0.05, 0) is 65.7 Å². The van der Waals surface area contributed by atoms with Gasteiger partial charge in [-0.25, -0.2) is 13.8 Å². The van der Waals surface area contributed by atoms with Gasteiger partial charge in [-0.3, -0.25) is 9.69 Å². The summed E-state index contributed by atoms with van der Waals surface area (Å²) >= 11 is 9.39. The van der Waals surface area contributed by atoms with Gasteiger partial charge in [0, 0.05) is 11.7 Å². The smallest absolute Gasteiger partial charge is 0.279 e. The maximum Gasteiger partial charge on any atom is 0.279 e. The van der Waals surface area contributed by atoms with Crippen molar-refractivity contribution in [2.24, 2.45) is 5.92 Å². The van der Waals surface area contributed by atoms with Crippen LogP contribution in [0.5, 0.6) is 0 Å². The molecule has 0 saturated carbocycles. The molecule has 158 valence electrons. The third-order valence-electron chi connectivity index (χ3n) is 5.15. The Kier molecular flexibility index (Phi) is 5.58. The van der Waals surface area contributed by atoms with Crippen molar-refractivity contribution in [1.82, 2.24) is 9.55 Å². The van der Waals surface area contributed by atoms with Gasteiger partial charge in [-0.15, -0.1) is 0 Å². The van der Waals surface area contributed by atoms with E-state index in [4.69, 9.17) is 11.6 Å². The Labute approximate surface area is 191 Å². The number of benzene rings is 1.